The Hall–Kier alpha value is -3.41. The average Bonchev–Trinajstić information content (AvgIpc) is 3.47. The minimum absolute atomic E-state index is 0.157. The number of benzene rings is 2. The van der Waals surface area contributed by atoms with E-state index in [2.05, 4.69) is 9.88 Å². The second-order valence-corrected chi connectivity index (χ2v) is 16.5. The van der Waals surface area contributed by atoms with Crippen molar-refractivity contribution in [2.45, 2.75) is 89.1 Å². The summed E-state index contributed by atoms with van der Waals surface area (Å²) in [6, 6.07) is 14.4. The first-order valence-electron chi connectivity index (χ1n) is 15.9. The molecule has 46 heavy (non-hydrogen) atoms. The molecule has 7 rings (SSSR count). The molecule has 0 atom stereocenters. The van der Waals surface area contributed by atoms with Crippen molar-refractivity contribution in [1.29, 1.82) is 0 Å². The first-order valence-corrected chi connectivity index (χ1v) is 17.8. The van der Waals surface area contributed by atoms with Crippen LogP contribution in [0.25, 0.3) is 11.1 Å². The molecule has 4 aliphatic rings. The summed E-state index contributed by atoms with van der Waals surface area (Å²) in [7, 11) is -3.42. The predicted octanol–water partition coefficient (Wildman–Crippen LogP) is 7.62. The van der Waals surface area contributed by atoms with Crippen molar-refractivity contribution >= 4 is 27.3 Å². The molecule has 0 spiro atoms. The molecule has 1 aromatic heterocycles. The molecule has 0 unspecified atom stereocenters. The first-order chi connectivity index (χ1) is 21.5. The number of carbonyl (C=O) groups excluding carboxylic acids is 1. The molecule has 4 saturated carbocycles. The number of nitrogens with one attached hydrogen (secondary N) is 1. The van der Waals surface area contributed by atoms with Crippen molar-refractivity contribution in [2.75, 3.05) is 22.4 Å². The number of hydrogen-bond donors (Lipinski definition) is 1. The van der Waals surface area contributed by atoms with Crippen LogP contribution in [0.15, 0.2) is 53.1 Å². The highest BCUT2D eigenvalue weighted by Gasteiger charge is 2.54. The molecular weight excluding hydrogens is 617 g/mol. The SMILES string of the molecule is CC(C)(C)c1nc(C23CCC(CN(c4cccc(-c5ccc(NS(C)(=O)=O)cc5)c4)C(=O)[C@H]4C[C@H](C(F)(F)F)C4)(CC2)CC3)no1. The van der Waals surface area contributed by atoms with Crippen molar-refractivity contribution < 1.29 is 30.9 Å². The quantitative estimate of drug-likeness (QED) is 0.267. The van der Waals surface area contributed by atoms with E-state index >= 15 is 0 Å². The van der Waals surface area contributed by atoms with Crippen LogP contribution in [0.4, 0.5) is 24.5 Å². The minimum Gasteiger partial charge on any atom is -0.339 e. The number of fused-ring (bicyclic) bond motifs is 3. The highest BCUT2D eigenvalue weighted by atomic mass is 32.2. The van der Waals surface area contributed by atoms with Crippen molar-refractivity contribution in [1.82, 2.24) is 10.1 Å². The van der Waals surface area contributed by atoms with Crippen LogP contribution < -0.4 is 9.62 Å². The predicted molar refractivity (Wildman–Crippen MR) is 170 cm³/mol. The molecule has 0 radical (unpaired) electrons. The Bertz CT molecular complexity index is 1680. The van der Waals surface area contributed by atoms with Crippen LogP contribution >= 0.6 is 0 Å². The van der Waals surface area contributed by atoms with Gasteiger partial charge in [-0.25, -0.2) is 8.42 Å². The van der Waals surface area contributed by atoms with E-state index in [1.54, 1.807) is 29.2 Å². The van der Waals surface area contributed by atoms with Gasteiger partial charge in [-0.05, 0) is 92.2 Å². The third-order valence-corrected chi connectivity index (χ3v) is 10.9. The highest BCUT2D eigenvalue weighted by molar-refractivity contribution is 7.92. The lowest BCUT2D eigenvalue weighted by atomic mass is 9.53. The van der Waals surface area contributed by atoms with Gasteiger partial charge >= 0.3 is 6.18 Å². The fourth-order valence-corrected chi connectivity index (χ4v) is 7.88. The van der Waals surface area contributed by atoms with Crippen LogP contribution in [0.3, 0.4) is 0 Å². The summed E-state index contributed by atoms with van der Waals surface area (Å²) < 4.78 is 71.5. The Balaban J connectivity index is 1.25. The van der Waals surface area contributed by atoms with E-state index in [1.807, 2.05) is 45.0 Å². The summed E-state index contributed by atoms with van der Waals surface area (Å²) in [5.41, 5.74) is 2.17. The Morgan fingerprint density at radius 2 is 1.61 bits per heavy atom. The highest BCUT2D eigenvalue weighted by Crippen LogP contribution is 2.58. The normalized spacial score (nSPS) is 26.4. The number of carbonyl (C=O) groups is 1. The van der Waals surface area contributed by atoms with E-state index in [0.29, 0.717) is 23.8 Å². The number of anilines is 2. The van der Waals surface area contributed by atoms with Crippen molar-refractivity contribution in [3.63, 3.8) is 0 Å². The summed E-state index contributed by atoms with van der Waals surface area (Å²) in [5, 5.41) is 4.39. The second-order valence-electron chi connectivity index (χ2n) is 14.8. The molecule has 4 fully saturated rings. The van der Waals surface area contributed by atoms with E-state index in [9.17, 15) is 26.4 Å². The molecule has 3 aromatic rings. The van der Waals surface area contributed by atoms with Gasteiger partial charge in [-0.2, -0.15) is 18.2 Å². The van der Waals surface area contributed by atoms with Crippen LogP contribution in [0.1, 0.15) is 83.9 Å². The number of sulfonamides is 1. The number of hydrogen-bond acceptors (Lipinski definition) is 6. The summed E-state index contributed by atoms with van der Waals surface area (Å²) in [5.74, 6) is -0.985. The standard InChI is InChI=1S/C34H41F3N4O4S/c1-31(2,3)30-38-29(39-45-30)33-15-12-32(13-16-33,14-17-33)21-41(28(42)24-18-25(19-24)34(35,36)37)27-7-5-6-23(20-27)22-8-10-26(11-9-22)40-46(4,43)44/h5-11,20,24-25,40H,12-19,21H2,1-4H3/t24-,25-,32?,33?. The molecule has 0 saturated heterocycles. The summed E-state index contributed by atoms with van der Waals surface area (Å²) in [6.07, 6.45) is 1.61. The van der Waals surface area contributed by atoms with Crippen LogP contribution in [-0.4, -0.2) is 43.4 Å². The Kier molecular flexibility index (Phi) is 8.05. The van der Waals surface area contributed by atoms with Gasteiger partial charge in [-0.1, -0.05) is 50.2 Å². The molecular formula is C34H41F3N4O4S. The molecule has 8 nitrogen and oxygen atoms in total. The molecule has 248 valence electrons. The van der Waals surface area contributed by atoms with Crippen LogP contribution in [0.5, 0.6) is 0 Å². The second kappa shape index (κ2) is 11.4. The number of amides is 1. The maximum atomic E-state index is 14.0. The fraction of sp³-hybridized carbons (Fsp3) is 0.559. The van der Waals surface area contributed by atoms with Gasteiger partial charge in [0.15, 0.2) is 5.82 Å². The fourth-order valence-electron chi connectivity index (χ4n) is 7.32. The lowest BCUT2D eigenvalue weighted by molar-refractivity contribution is -0.204. The number of aromatic nitrogens is 2. The molecule has 1 amide bonds. The minimum atomic E-state index is -4.30. The number of halogens is 3. The van der Waals surface area contributed by atoms with Crippen molar-refractivity contribution in [3.8, 4) is 11.1 Å². The smallest absolute Gasteiger partial charge is 0.339 e. The topological polar surface area (TPSA) is 105 Å². The van der Waals surface area contributed by atoms with Crippen molar-refractivity contribution in [2.24, 2.45) is 17.3 Å². The maximum Gasteiger partial charge on any atom is 0.391 e. The largest absolute Gasteiger partial charge is 0.391 e. The number of rotatable bonds is 8. The van der Waals surface area contributed by atoms with Gasteiger partial charge in [0, 0.05) is 34.7 Å². The number of alkyl halides is 3. The van der Waals surface area contributed by atoms with Gasteiger partial charge < -0.3 is 9.42 Å². The lowest BCUT2D eigenvalue weighted by Crippen LogP contribution is -2.53. The summed E-state index contributed by atoms with van der Waals surface area (Å²) in [6.45, 7) is 6.56. The van der Waals surface area contributed by atoms with Gasteiger partial charge in [-0.15, -0.1) is 0 Å². The zero-order valence-corrected chi connectivity index (χ0v) is 27.5. The first kappa shape index (κ1) is 32.5. The van der Waals surface area contributed by atoms with Gasteiger partial charge in [0.2, 0.25) is 21.8 Å². The molecule has 12 heteroatoms. The molecule has 2 bridgehead atoms. The van der Waals surface area contributed by atoms with Crippen LogP contribution in [-0.2, 0) is 25.6 Å². The molecule has 1 N–H and O–H groups in total. The Labute approximate surface area is 268 Å². The van der Waals surface area contributed by atoms with E-state index in [1.165, 1.54) is 0 Å². The Morgan fingerprint density at radius 1 is 0.978 bits per heavy atom. The number of nitrogens with zero attached hydrogens (tertiary/aromatic N) is 3. The summed E-state index contributed by atoms with van der Waals surface area (Å²) in [4.78, 5) is 20.5. The monoisotopic (exact) mass is 658 g/mol. The van der Waals surface area contributed by atoms with E-state index in [0.717, 1.165) is 61.7 Å². The Morgan fingerprint density at radius 3 is 2.15 bits per heavy atom. The van der Waals surface area contributed by atoms with E-state index in [-0.39, 0.29) is 35.0 Å². The van der Waals surface area contributed by atoms with E-state index in [4.69, 9.17) is 9.51 Å². The lowest BCUT2D eigenvalue weighted by Gasteiger charge is -2.53. The third-order valence-electron chi connectivity index (χ3n) is 10.3. The van der Waals surface area contributed by atoms with Crippen LogP contribution in [0, 0.1) is 17.3 Å². The van der Waals surface area contributed by atoms with Crippen molar-refractivity contribution in [3.05, 3.63) is 60.2 Å². The molecule has 4 aliphatic carbocycles. The molecule has 0 aliphatic heterocycles. The van der Waals surface area contributed by atoms with Gasteiger partial charge in [0.1, 0.15) is 0 Å². The van der Waals surface area contributed by atoms with Gasteiger partial charge in [0.25, 0.3) is 0 Å². The summed E-state index contributed by atoms with van der Waals surface area (Å²) >= 11 is 0. The maximum absolute atomic E-state index is 14.0. The third kappa shape index (κ3) is 6.55. The van der Waals surface area contributed by atoms with Gasteiger partial charge in [0.05, 0.1) is 12.2 Å². The zero-order valence-electron chi connectivity index (χ0n) is 26.7. The molecule has 2 aromatic carbocycles. The van der Waals surface area contributed by atoms with Crippen LogP contribution in [0.2, 0.25) is 0 Å². The zero-order chi connectivity index (χ0) is 33.1. The molecule has 1 heterocycles. The van der Waals surface area contributed by atoms with Gasteiger partial charge in [-0.3, -0.25) is 9.52 Å². The van der Waals surface area contributed by atoms with E-state index < -0.39 is 28.0 Å². The average molecular weight is 659 g/mol.